The summed E-state index contributed by atoms with van der Waals surface area (Å²) in [6, 6.07) is 0.0604. The molecule has 1 aromatic heterocycles. The van der Waals surface area contributed by atoms with Crippen molar-refractivity contribution in [3.05, 3.63) is 11.9 Å². The summed E-state index contributed by atoms with van der Waals surface area (Å²) >= 11 is 0. The van der Waals surface area contributed by atoms with Gasteiger partial charge in [0.2, 0.25) is 5.95 Å². The second-order valence-corrected chi connectivity index (χ2v) is 8.65. The fourth-order valence-electron chi connectivity index (χ4n) is 3.42. The Kier molecular flexibility index (Phi) is 4.17. The molecule has 0 saturated carbocycles. The van der Waals surface area contributed by atoms with Crippen LogP contribution in [-0.4, -0.2) is 73.8 Å². The molecule has 0 aromatic carbocycles. The largest absolute Gasteiger partial charge is 0.380 e. The SMILES string of the molecule is CN(C)c1ncc(CN2CCS(=O)(=O)[C@H]3COCC[C@H]32)n1C. The smallest absolute Gasteiger partial charge is 0.204 e. The molecule has 3 rings (SSSR count). The van der Waals surface area contributed by atoms with Crippen LogP contribution in [0, 0.1) is 0 Å². The monoisotopic (exact) mass is 328 g/mol. The van der Waals surface area contributed by atoms with Crippen molar-refractivity contribution in [1.82, 2.24) is 14.5 Å². The van der Waals surface area contributed by atoms with Gasteiger partial charge in [0.05, 0.1) is 24.3 Å². The first-order valence-corrected chi connectivity index (χ1v) is 9.33. The molecule has 0 unspecified atom stereocenters. The van der Waals surface area contributed by atoms with E-state index >= 15 is 0 Å². The normalized spacial score (nSPS) is 28.3. The van der Waals surface area contributed by atoms with E-state index in [1.54, 1.807) is 0 Å². The van der Waals surface area contributed by atoms with Gasteiger partial charge in [0.25, 0.3) is 0 Å². The van der Waals surface area contributed by atoms with Crippen molar-refractivity contribution < 1.29 is 13.2 Å². The Labute approximate surface area is 131 Å². The van der Waals surface area contributed by atoms with Crippen LogP contribution in [-0.2, 0) is 28.2 Å². The molecule has 2 aliphatic heterocycles. The zero-order valence-corrected chi connectivity index (χ0v) is 14.2. The number of fused-ring (bicyclic) bond motifs is 1. The van der Waals surface area contributed by atoms with Gasteiger partial charge < -0.3 is 14.2 Å². The van der Waals surface area contributed by atoms with Crippen molar-refractivity contribution in [3.63, 3.8) is 0 Å². The summed E-state index contributed by atoms with van der Waals surface area (Å²) in [5, 5.41) is -0.378. The number of nitrogens with zero attached hydrogens (tertiary/aromatic N) is 4. The first kappa shape index (κ1) is 15.8. The van der Waals surface area contributed by atoms with Crippen LogP contribution in [0.2, 0.25) is 0 Å². The summed E-state index contributed by atoms with van der Waals surface area (Å²) in [6.45, 7) is 2.29. The van der Waals surface area contributed by atoms with E-state index in [1.807, 2.05) is 32.2 Å². The third kappa shape index (κ3) is 2.75. The van der Waals surface area contributed by atoms with Gasteiger partial charge in [-0.15, -0.1) is 0 Å². The number of rotatable bonds is 3. The van der Waals surface area contributed by atoms with Gasteiger partial charge in [-0.2, -0.15) is 0 Å². The van der Waals surface area contributed by atoms with Crippen LogP contribution in [0.15, 0.2) is 6.20 Å². The van der Waals surface area contributed by atoms with Gasteiger partial charge in [-0.3, -0.25) is 4.90 Å². The van der Waals surface area contributed by atoms with Gasteiger partial charge in [0.15, 0.2) is 9.84 Å². The molecular weight excluding hydrogens is 304 g/mol. The Morgan fingerprint density at radius 2 is 2.23 bits per heavy atom. The summed E-state index contributed by atoms with van der Waals surface area (Å²) in [7, 11) is 2.91. The van der Waals surface area contributed by atoms with E-state index in [0.717, 1.165) is 24.6 Å². The van der Waals surface area contributed by atoms with E-state index in [2.05, 4.69) is 14.5 Å². The zero-order valence-electron chi connectivity index (χ0n) is 13.4. The first-order chi connectivity index (χ1) is 10.4. The molecule has 2 atom stereocenters. The Hall–Kier alpha value is -1.12. The fraction of sp³-hybridized carbons (Fsp3) is 0.786. The molecular formula is C14H24N4O3S. The molecule has 0 N–H and O–H groups in total. The minimum atomic E-state index is -3.02. The maximum absolute atomic E-state index is 12.2. The molecule has 8 heteroatoms. The van der Waals surface area contributed by atoms with E-state index in [1.165, 1.54) is 0 Å². The Bertz CT molecular complexity index is 641. The van der Waals surface area contributed by atoms with Crippen LogP contribution in [0.4, 0.5) is 5.95 Å². The van der Waals surface area contributed by atoms with Crippen molar-refractivity contribution in [3.8, 4) is 0 Å². The number of hydrogen-bond donors (Lipinski definition) is 0. The van der Waals surface area contributed by atoms with Gasteiger partial charge in [-0.1, -0.05) is 0 Å². The highest BCUT2D eigenvalue weighted by molar-refractivity contribution is 7.92. The lowest BCUT2D eigenvalue weighted by Gasteiger charge is -2.43. The first-order valence-electron chi connectivity index (χ1n) is 7.61. The Morgan fingerprint density at radius 1 is 1.45 bits per heavy atom. The number of ether oxygens (including phenoxy) is 1. The van der Waals surface area contributed by atoms with E-state index in [-0.39, 0.29) is 17.0 Å². The maximum Gasteiger partial charge on any atom is 0.204 e. The fourth-order valence-corrected chi connectivity index (χ4v) is 5.31. The molecule has 2 fully saturated rings. The molecule has 124 valence electrons. The predicted octanol–water partition coefficient (Wildman–Crippen LogP) is -0.126. The van der Waals surface area contributed by atoms with Gasteiger partial charge in [0, 0.05) is 46.9 Å². The lowest BCUT2D eigenvalue weighted by atomic mass is 10.1. The van der Waals surface area contributed by atoms with Crippen molar-refractivity contribution in [1.29, 1.82) is 0 Å². The second kappa shape index (κ2) is 5.82. The van der Waals surface area contributed by atoms with Crippen molar-refractivity contribution in [2.45, 2.75) is 24.3 Å². The predicted molar refractivity (Wildman–Crippen MR) is 84.7 cm³/mol. The van der Waals surface area contributed by atoms with E-state index in [9.17, 15) is 8.42 Å². The van der Waals surface area contributed by atoms with E-state index in [0.29, 0.717) is 19.8 Å². The van der Waals surface area contributed by atoms with Crippen molar-refractivity contribution >= 4 is 15.8 Å². The molecule has 7 nitrogen and oxygen atoms in total. The molecule has 1 aromatic rings. The quantitative estimate of drug-likeness (QED) is 0.770. The number of hydrogen-bond acceptors (Lipinski definition) is 6. The highest BCUT2D eigenvalue weighted by Gasteiger charge is 2.43. The van der Waals surface area contributed by atoms with Gasteiger partial charge in [-0.25, -0.2) is 13.4 Å². The highest BCUT2D eigenvalue weighted by atomic mass is 32.2. The van der Waals surface area contributed by atoms with Crippen LogP contribution in [0.25, 0.3) is 0 Å². The lowest BCUT2D eigenvalue weighted by molar-refractivity contribution is 0.0306. The lowest BCUT2D eigenvalue weighted by Crippen LogP contribution is -2.58. The van der Waals surface area contributed by atoms with Crippen LogP contribution < -0.4 is 4.90 Å². The van der Waals surface area contributed by atoms with E-state index in [4.69, 9.17) is 4.74 Å². The maximum atomic E-state index is 12.2. The Morgan fingerprint density at radius 3 is 2.91 bits per heavy atom. The van der Waals surface area contributed by atoms with E-state index < -0.39 is 9.84 Å². The summed E-state index contributed by atoms with van der Waals surface area (Å²) in [5.74, 6) is 1.12. The van der Waals surface area contributed by atoms with Crippen molar-refractivity contribution in [2.75, 3.05) is 44.5 Å². The minimum absolute atomic E-state index is 0.0604. The van der Waals surface area contributed by atoms with Crippen molar-refractivity contribution in [2.24, 2.45) is 7.05 Å². The summed E-state index contributed by atoms with van der Waals surface area (Å²) in [6.07, 6.45) is 2.66. The average Bonchev–Trinajstić information content (AvgIpc) is 2.84. The molecule has 0 radical (unpaired) electrons. The second-order valence-electron chi connectivity index (χ2n) is 6.31. The number of imidazole rings is 1. The van der Waals surface area contributed by atoms with Crippen LogP contribution in [0.3, 0.4) is 0 Å². The van der Waals surface area contributed by atoms with Gasteiger partial charge >= 0.3 is 0 Å². The third-order valence-corrected chi connectivity index (χ3v) is 6.81. The molecule has 0 spiro atoms. The molecule has 0 aliphatic carbocycles. The molecule has 0 bridgehead atoms. The van der Waals surface area contributed by atoms with Gasteiger partial charge in [-0.05, 0) is 6.42 Å². The summed E-state index contributed by atoms with van der Waals surface area (Å²) in [4.78, 5) is 8.69. The van der Waals surface area contributed by atoms with Gasteiger partial charge in [0.1, 0.15) is 5.25 Å². The molecule has 3 heterocycles. The van der Waals surface area contributed by atoms with Crippen LogP contribution >= 0.6 is 0 Å². The average molecular weight is 328 g/mol. The topological polar surface area (TPSA) is 67.7 Å². The van der Waals surface area contributed by atoms with Crippen LogP contribution in [0.5, 0.6) is 0 Å². The number of aromatic nitrogens is 2. The Balaban J connectivity index is 1.80. The standard InChI is InChI=1S/C14H24N4O3S/c1-16(2)14-15-8-11(17(14)3)9-18-5-7-22(19,20)13-10-21-6-4-12(13)18/h8,12-13H,4-7,9-10H2,1-3H3/t12-,13+/m1/s1. The summed E-state index contributed by atoms with van der Waals surface area (Å²) in [5.41, 5.74) is 1.10. The third-order valence-electron chi connectivity index (χ3n) is 4.69. The number of sulfone groups is 1. The molecule has 0 amide bonds. The molecule has 2 aliphatic rings. The highest BCUT2D eigenvalue weighted by Crippen LogP contribution is 2.27. The zero-order chi connectivity index (χ0) is 15.9. The number of anilines is 1. The summed E-state index contributed by atoms with van der Waals surface area (Å²) < 4.78 is 32.0. The minimum Gasteiger partial charge on any atom is -0.380 e. The molecule has 2 saturated heterocycles. The molecule has 22 heavy (non-hydrogen) atoms. The van der Waals surface area contributed by atoms with Crippen LogP contribution in [0.1, 0.15) is 12.1 Å².